The van der Waals surface area contributed by atoms with Gasteiger partial charge in [0.2, 0.25) is 11.8 Å². The van der Waals surface area contributed by atoms with Crippen molar-refractivity contribution >= 4 is 16.7 Å². The standard InChI is InChI=1S/C22H18N4O2/c1-13-5-6-15(21(23)27)11-19(13)14-7-8-17-16(10-14)12-25-26-20(17)18-4-3-9-24-22(18)28-2/h3-12H,1-2H3,(H2,23,27). The molecule has 0 radical (unpaired) electrons. The zero-order chi connectivity index (χ0) is 19.7. The van der Waals surface area contributed by atoms with E-state index in [9.17, 15) is 4.79 Å². The number of aryl methyl sites for hydroxylation is 1. The third-order valence-electron chi connectivity index (χ3n) is 4.71. The highest BCUT2D eigenvalue weighted by Crippen LogP contribution is 2.34. The maximum absolute atomic E-state index is 11.6. The number of nitrogens with two attached hydrogens (primary N) is 1. The molecular formula is C22H18N4O2. The first-order chi connectivity index (χ1) is 13.6. The van der Waals surface area contributed by atoms with Crippen molar-refractivity contribution < 1.29 is 9.53 Å². The number of ether oxygens (including phenoxy) is 1. The van der Waals surface area contributed by atoms with Crippen molar-refractivity contribution in [3.8, 4) is 28.3 Å². The Kier molecular flexibility index (Phi) is 4.45. The zero-order valence-corrected chi connectivity index (χ0v) is 15.5. The van der Waals surface area contributed by atoms with Gasteiger partial charge in [0.1, 0.15) is 5.69 Å². The van der Waals surface area contributed by atoms with Gasteiger partial charge in [0.05, 0.1) is 18.9 Å². The minimum absolute atomic E-state index is 0.445. The Bertz CT molecular complexity index is 1200. The summed E-state index contributed by atoms with van der Waals surface area (Å²) in [6, 6.07) is 15.2. The van der Waals surface area contributed by atoms with E-state index in [1.807, 2.05) is 49.4 Å². The van der Waals surface area contributed by atoms with Crippen LogP contribution in [0.4, 0.5) is 0 Å². The van der Waals surface area contributed by atoms with Gasteiger partial charge in [0.25, 0.3) is 0 Å². The minimum atomic E-state index is -0.445. The molecule has 2 aromatic heterocycles. The first kappa shape index (κ1) is 17.6. The molecule has 2 heterocycles. The summed E-state index contributed by atoms with van der Waals surface area (Å²) in [5.41, 5.74) is 10.4. The Labute approximate surface area is 162 Å². The fraction of sp³-hybridized carbons (Fsp3) is 0.0909. The first-order valence-corrected chi connectivity index (χ1v) is 8.74. The van der Waals surface area contributed by atoms with Crippen LogP contribution in [0.3, 0.4) is 0 Å². The second-order valence-electron chi connectivity index (χ2n) is 6.45. The number of aromatic nitrogens is 3. The minimum Gasteiger partial charge on any atom is -0.481 e. The molecule has 6 nitrogen and oxygen atoms in total. The van der Waals surface area contributed by atoms with E-state index < -0.39 is 5.91 Å². The third-order valence-corrected chi connectivity index (χ3v) is 4.71. The van der Waals surface area contributed by atoms with E-state index in [4.69, 9.17) is 10.5 Å². The van der Waals surface area contributed by atoms with E-state index in [0.29, 0.717) is 17.1 Å². The number of fused-ring (bicyclic) bond motifs is 1. The quantitative estimate of drug-likeness (QED) is 0.590. The van der Waals surface area contributed by atoms with Gasteiger partial charge in [-0.15, -0.1) is 5.10 Å². The van der Waals surface area contributed by atoms with E-state index in [0.717, 1.165) is 33.0 Å². The van der Waals surface area contributed by atoms with Gasteiger partial charge < -0.3 is 10.5 Å². The molecule has 4 rings (SSSR count). The lowest BCUT2D eigenvalue weighted by Crippen LogP contribution is -2.10. The molecule has 4 aromatic rings. The fourth-order valence-electron chi connectivity index (χ4n) is 3.27. The Balaban J connectivity index is 1.89. The number of rotatable bonds is 4. The SMILES string of the molecule is COc1ncccc1-c1nncc2cc(-c3cc(C(N)=O)ccc3C)ccc12. The molecule has 0 saturated carbocycles. The lowest BCUT2D eigenvalue weighted by atomic mass is 9.95. The van der Waals surface area contributed by atoms with Gasteiger partial charge >= 0.3 is 0 Å². The molecule has 2 aromatic carbocycles. The molecule has 0 saturated heterocycles. The van der Waals surface area contributed by atoms with Gasteiger partial charge in [0, 0.05) is 22.5 Å². The normalized spacial score (nSPS) is 10.8. The van der Waals surface area contributed by atoms with Gasteiger partial charge in [-0.2, -0.15) is 5.10 Å². The van der Waals surface area contributed by atoms with E-state index in [1.54, 1.807) is 25.6 Å². The molecule has 1 amide bonds. The maximum Gasteiger partial charge on any atom is 0.248 e. The van der Waals surface area contributed by atoms with Crippen molar-refractivity contribution in [1.29, 1.82) is 0 Å². The van der Waals surface area contributed by atoms with Crippen molar-refractivity contribution in [1.82, 2.24) is 15.2 Å². The number of benzene rings is 2. The Morgan fingerprint density at radius 3 is 2.71 bits per heavy atom. The molecule has 28 heavy (non-hydrogen) atoms. The van der Waals surface area contributed by atoms with E-state index in [1.165, 1.54) is 0 Å². The third kappa shape index (κ3) is 3.05. The zero-order valence-electron chi connectivity index (χ0n) is 15.5. The average Bonchev–Trinajstić information content (AvgIpc) is 2.73. The largest absolute Gasteiger partial charge is 0.481 e. The summed E-state index contributed by atoms with van der Waals surface area (Å²) in [6.45, 7) is 2.00. The number of pyridine rings is 1. The predicted octanol–water partition coefficient (Wildman–Crippen LogP) is 3.77. The molecular weight excluding hydrogens is 352 g/mol. The summed E-state index contributed by atoms with van der Waals surface area (Å²) in [5, 5.41) is 10.3. The summed E-state index contributed by atoms with van der Waals surface area (Å²) < 4.78 is 5.37. The fourth-order valence-corrected chi connectivity index (χ4v) is 3.27. The van der Waals surface area contributed by atoms with Crippen LogP contribution in [0, 0.1) is 6.92 Å². The summed E-state index contributed by atoms with van der Waals surface area (Å²) >= 11 is 0. The summed E-state index contributed by atoms with van der Waals surface area (Å²) in [7, 11) is 1.58. The highest BCUT2D eigenvalue weighted by molar-refractivity contribution is 5.98. The number of methoxy groups -OCH3 is 1. The smallest absolute Gasteiger partial charge is 0.248 e. The lowest BCUT2D eigenvalue weighted by Gasteiger charge is -2.11. The van der Waals surface area contributed by atoms with Crippen LogP contribution >= 0.6 is 0 Å². The number of hydrogen-bond donors (Lipinski definition) is 1. The molecule has 2 N–H and O–H groups in total. The van der Waals surface area contributed by atoms with E-state index in [-0.39, 0.29) is 0 Å². The molecule has 0 unspecified atom stereocenters. The van der Waals surface area contributed by atoms with Gasteiger partial charge in [0.15, 0.2) is 0 Å². The van der Waals surface area contributed by atoms with Crippen LogP contribution in [0.5, 0.6) is 5.88 Å². The van der Waals surface area contributed by atoms with E-state index in [2.05, 4.69) is 15.2 Å². The topological polar surface area (TPSA) is 91.0 Å². The van der Waals surface area contributed by atoms with Crippen LogP contribution in [0.1, 0.15) is 15.9 Å². The van der Waals surface area contributed by atoms with Crippen molar-refractivity contribution in [2.75, 3.05) is 7.11 Å². The van der Waals surface area contributed by atoms with Crippen LogP contribution in [-0.2, 0) is 0 Å². The van der Waals surface area contributed by atoms with Gasteiger partial charge in [-0.25, -0.2) is 4.98 Å². The van der Waals surface area contributed by atoms with Crippen molar-refractivity contribution in [3.05, 3.63) is 72.1 Å². The van der Waals surface area contributed by atoms with Gasteiger partial charge in [-0.05, 0) is 53.9 Å². The van der Waals surface area contributed by atoms with Crippen LogP contribution in [0.2, 0.25) is 0 Å². The number of primary amides is 1. The molecule has 0 bridgehead atoms. The molecule has 0 fully saturated rings. The highest BCUT2D eigenvalue weighted by atomic mass is 16.5. The van der Waals surface area contributed by atoms with Gasteiger partial charge in [-0.3, -0.25) is 4.79 Å². The average molecular weight is 370 g/mol. The Morgan fingerprint density at radius 2 is 1.93 bits per heavy atom. The summed E-state index contributed by atoms with van der Waals surface area (Å²) in [6.07, 6.45) is 3.39. The Hall–Kier alpha value is -3.80. The number of amides is 1. The Morgan fingerprint density at radius 1 is 1.07 bits per heavy atom. The van der Waals surface area contributed by atoms with Crippen molar-refractivity contribution in [2.45, 2.75) is 6.92 Å². The first-order valence-electron chi connectivity index (χ1n) is 8.74. The number of carbonyl (C=O) groups is 1. The van der Waals surface area contributed by atoms with Crippen LogP contribution in [-0.4, -0.2) is 28.2 Å². The lowest BCUT2D eigenvalue weighted by molar-refractivity contribution is 0.100. The predicted molar refractivity (Wildman–Crippen MR) is 108 cm³/mol. The van der Waals surface area contributed by atoms with Crippen LogP contribution < -0.4 is 10.5 Å². The second kappa shape index (κ2) is 7.08. The molecule has 0 aliphatic carbocycles. The molecule has 0 aliphatic rings. The number of nitrogens with zero attached hydrogens (tertiary/aromatic N) is 3. The van der Waals surface area contributed by atoms with Gasteiger partial charge in [-0.1, -0.05) is 18.2 Å². The summed E-state index contributed by atoms with van der Waals surface area (Å²) in [4.78, 5) is 15.8. The monoisotopic (exact) mass is 370 g/mol. The second-order valence-corrected chi connectivity index (χ2v) is 6.45. The van der Waals surface area contributed by atoms with Crippen LogP contribution in [0.15, 0.2) is 60.9 Å². The van der Waals surface area contributed by atoms with Crippen LogP contribution in [0.25, 0.3) is 33.2 Å². The van der Waals surface area contributed by atoms with Crippen molar-refractivity contribution in [3.63, 3.8) is 0 Å². The molecule has 0 atom stereocenters. The molecule has 6 heteroatoms. The summed E-state index contributed by atoms with van der Waals surface area (Å²) in [5.74, 6) is 0.0530. The molecule has 0 spiro atoms. The van der Waals surface area contributed by atoms with Crippen molar-refractivity contribution in [2.24, 2.45) is 5.73 Å². The molecule has 138 valence electrons. The number of hydrogen-bond acceptors (Lipinski definition) is 5. The molecule has 0 aliphatic heterocycles. The number of carbonyl (C=O) groups excluding carboxylic acids is 1. The maximum atomic E-state index is 11.6. The highest BCUT2D eigenvalue weighted by Gasteiger charge is 2.14. The van der Waals surface area contributed by atoms with E-state index >= 15 is 0 Å².